The fourth-order valence-electron chi connectivity index (χ4n) is 1.86. The average Bonchev–Trinajstić information content (AvgIpc) is 2.55. The number of benzene rings is 2. The number of nitrogens with zero attached hydrogens (tertiary/aromatic N) is 3. The highest BCUT2D eigenvalue weighted by molar-refractivity contribution is 9.10. The molecule has 0 saturated heterocycles. The molecule has 0 fully saturated rings. The zero-order valence-electron chi connectivity index (χ0n) is 12.3. The third-order valence-electron chi connectivity index (χ3n) is 2.97. The first-order chi connectivity index (χ1) is 11.4. The summed E-state index contributed by atoms with van der Waals surface area (Å²) in [4.78, 5) is 20.3. The van der Waals surface area contributed by atoms with Crippen molar-refractivity contribution in [2.75, 3.05) is 12.5 Å². The van der Waals surface area contributed by atoms with Gasteiger partial charge >= 0.3 is 5.69 Å². The number of anilines is 1. The largest absolute Gasteiger partial charge is 0.496 e. The minimum atomic E-state index is -0.718. The molecule has 1 N–H and O–H groups in total. The van der Waals surface area contributed by atoms with Crippen LogP contribution in [0.5, 0.6) is 5.75 Å². The predicted molar refractivity (Wildman–Crippen MR) is 91.7 cm³/mol. The van der Waals surface area contributed by atoms with Gasteiger partial charge in [0, 0.05) is 16.1 Å². The van der Waals surface area contributed by atoms with Crippen molar-refractivity contribution in [3.8, 4) is 5.75 Å². The molecule has 2 aromatic carbocycles. The van der Waals surface area contributed by atoms with E-state index in [9.17, 15) is 20.2 Å². The van der Waals surface area contributed by atoms with Crippen molar-refractivity contribution in [2.45, 2.75) is 0 Å². The summed E-state index contributed by atoms with van der Waals surface area (Å²) in [6.45, 7) is 0. The lowest BCUT2D eigenvalue weighted by Crippen LogP contribution is -1.99. The standard InChI is InChI=1S/C14H11BrN4O5/c1-24-14-5-2-10(15)6-9(14)8-16-17-12-4-3-11(18(20)21)7-13(12)19(22)23/h2-8,17H,1H3/b16-8+. The third-order valence-corrected chi connectivity index (χ3v) is 3.46. The molecule has 10 heteroatoms. The predicted octanol–water partition coefficient (Wildman–Crippen LogP) is 3.72. The Labute approximate surface area is 144 Å². The van der Waals surface area contributed by atoms with Crippen LogP contribution in [0.15, 0.2) is 46.0 Å². The molecule has 24 heavy (non-hydrogen) atoms. The van der Waals surface area contributed by atoms with Crippen molar-refractivity contribution in [1.29, 1.82) is 0 Å². The van der Waals surface area contributed by atoms with E-state index in [4.69, 9.17) is 4.74 Å². The summed E-state index contributed by atoms with van der Waals surface area (Å²) in [7, 11) is 1.51. The van der Waals surface area contributed by atoms with E-state index in [-0.39, 0.29) is 11.4 Å². The van der Waals surface area contributed by atoms with Gasteiger partial charge < -0.3 is 4.74 Å². The van der Waals surface area contributed by atoms with E-state index in [2.05, 4.69) is 26.5 Å². The Hall–Kier alpha value is -3.01. The fraction of sp³-hybridized carbons (Fsp3) is 0.0714. The first-order valence-electron chi connectivity index (χ1n) is 6.48. The van der Waals surface area contributed by atoms with Crippen molar-refractivity contribution < 1.29 is 14.6 Å². The zero-order chi connectivity index (χ0) is 17.7. The Morgan fingerprint density at radius 3 is 2.54 bits per heavy atom. The summed E-state index contributed by atoms with van der Waals surface area (Å²) in [5.74, 6) is 0.571. The van der Waals surface area contributed by atoms with E-state index < -0.39 is 15.5 Å². The number of nitro groups is 2. The SMILES string of the molecule is COc1ccc(Br)cc1/C=N/Nc1ccc([N+](=O)[O-])cc1[N+](=O)[O-]. The number of rotatable bonds is 6. The van der Waals surface area contributed by atoms with Crippen LogP contribution in [0, 0.1) is 20.2 Å². The van der Waals surface area contributed by atoms with Gasteiger partial charge in [0.25, 0.3) is 5.69 Å². The van der Waals surface area contributed by atoms with Crippen LogP contribution >= 0.6 is 15.9 Å². The monoisotopic (exact) mass is 394 g/mol. The van der Waals surface area contributed by atoms with Gasteiger partial charge in [-0.1, -0.05) is 15.9 Å². The van der Waals surface area contributed by atoms with E-state index in [1.54, 1.807) is 18.2 Å². The summed E-state index contributed by atoms with van der Waals surface area (Å²) >= 11 is 3.32. The molecule has 0 heterocycles. The molecule has 9 nitrogen and oxygen atoms in total. The van der Waals surface area contributed by atoms with Crippen LogP contribution < -0.4 is 10.2 Å². The number of hydrazone groups is 1. The van der Waals surface area contributed by atoms with Crippen LogP contribution in [0.25, 0.3) is 0 Å². The first kappa shape index (κ1) is 17.3. The molecule has 2 aromatic rings. The van der Waals surface area contributed by atoms with Crippen molar-refractivity contribution in [3.63, 3.8) is 0 Å². The molecule has 0 spiro atoms. The molecular formula is C14H11BrN4O5. The van der Waals surface area contributed by atoms with E-state index in [1.165, 1.54) is 19.4 Å². The Morgan fingerprint density at radius 1 is 1.17 bits per heavy atom. The van der Waals surface area contributed by atoms with Crippen LogP contribution in [0.2, 0.25) is 0 Å². The van der Waals surface area contributed by atoms with Gasteiger partial charge in [0.15, 0.2) is 0 Å². The van der Waals surface area contributed by atoms with Gasteiger partial charge in [0.05, 0.1) is 29.2 Å². The van der Waals surface area contributed by atoms with E-state index in [1.807, 2.05) is 0 Å². The molecular weight excluding hydrogens is 384 g/mol. The quantitative estimate of drug-likeness (QED) is 0.452. The van der Waals surface area contributed by atoms with Gasteiger partial charge in [-0.2, -0.15) is 5.10 Å². The smallest absolute Gasteiger partial charge is 0.301 e. The van der Waals surface area contributed by atoms with Gasteiger partial charge in [-0.05, 0) is 24.3 Å². The molecule has 0 unspecified atom stereocenters. The van der Waals surface area contributed by atoms with Gasteiger partial charge in [-0.3, -0.25) is 25.7 Å². The van der Waals surface area contributed by atoms with Crippen molar-refractivity contribution >= 4 is 39.2 Å². The van der Waals surface area contributed by atoms with Crippen LogP contribution in [0.3, 0.4) is 0 Å². The normalized spacial score (nSPS) is 10.6. The Kier molecular flexibility index (Phi) is 5.42. The molecule has 0 amide bonds. The van der Waals surface area contributed by atoms with Crippen molar-refractivity contribution in [2.24, 2.45) is 5.10 Å². The number of non-ortho nitro benzene ring substituents is 1. The maximum absolute atomic E-state index is 11.0. The van der Waals surface area contributed by atoms with Crippen LogP contribution in [0.1, 0.15) is 5.56 Å². The topological polar surface area (TPSA) is 120 Å². The summed E-state index contributed by atoms with van der Waals surface area (Å²) in [5.41, 5.74) is 2.38. The molecule has 2 rings (SSSR count). The molecule has 0 radical (unpaired) electrons. The fourth-order valence-corrected chi connectivity index (χ4v) is 2.24. The van der Waals surface area contributed by atoms with Gasteiger partial charge in [-0.15, -0.1) is 0 Å². The molecule has 0 bridgehead atoms. The van der Waals surface area contributed by atoms with E-state index in [0.717, 1.165) is 16.6 Å². The number of hydrogen-bond donors (Lipinski definition) is 1. The second kappa shape index (κ2) is 7.51. The Bertz CT molecular complexity index is 825. The van der Waals surface area contributed by atoms with Crippen molar-refractivity contribution in [1.82, 2.24) is 0 Å². The molecule has 0 saturated carbocycles. The number of nitrogens with one attached hydrogen (secondary N) is 1. The highest BCUT2D eigenvalue weighted by Gasteiger charge is 2.19. The molecule has 0 aliphatic rings. The first-order valence-corrected chi connectivity index (χ1v) is 7.27. The highest BCUT2D eigenvalue weighted by Crippen LogP contribution is 2.29. The molecule has 0 aromatic heterocycles. The maximum atomic E-state index is 11.0. The summed E-state index contributed by atoms with van der Waals surface area (Å²) in [5, 5.41) is 25.7. The minimum absolute atomic E-state index is 0.0378. The van der Waals surface area contributed by atoms with Crippen LogP contribution in [-0.2, 0) is 0 Å². The van der Waals surface area contributed by atoms with E-state index in [0.29, 0.717) is 11.3 Å². The Balaban J connectivity index is 2.27. The molecule has 0 atom stereocenters. The molecule has 124 valence electrons. The number of hydrogen-bond acceptors (Lipinski definition) is 7. The van der Waals surface area contributed by atoms with E-state index >= 15 is 0 Å². The average molecular weight is 395 g/mol. The number of methoxy groups -OCH3 is 1. The maximum Gasteiger partial charge on any atom is 0.301 e. The van der Waals surface area contributed by atoms with Crippen LogP contribution in [0.4, 0.5) is 17.1 Å². The lowest BCUT2D eigenvalue weighted by atomic mass is 10.2. The lowest BCUT2D eigenvalue weighted by molar-refractivity contribution is -0.393. The summed E-state index contributed by atoms with van der Waals surface area (Å²) in [6.07, 6.45) is 1.43. The number of halogens is 1. The molecule has 0 aliphatic carbocycles. The lowest BCUT2D eigenvalue weighted by Gasteiger charge is -2.05. The van der Waals surface area contributed by atoms with Gasteiger partial charge in [-0.25, -0.2) is 0 Å². The number of ether oxygens (including phenoxy) is 1. The number of nitro benzene ring substituents is 2. The summed E-state index contributed by atoms with van der Waals surface area (Å²) in [6, 6.07) is 8.55. The minimum Gasteiger partial charge on any atom is -0.496 e. The van der Waals surface area contributed by atoms with Crippen molar-refractivity contribution in [3.05, 3.63) is 66.7 Å². The highest BCUT2D eigenvalue weighted by atomic mass is 79.9. The Morgan fingerprint density at radius 2 is 1.92 bits per heavy atom. The van der Waals surface area contributed by atoms with Gasteiger partial charge in [0.2, 0.25) is 0 Å². The second-order valence-electron chi connectivity index (χ2n) is 4.47. The third kappa shape index (κ3) is 4.04. The molecule has 0 aliphatic heterocycles. The summed E-state index contributed by atoms with van der Waals surface area (Å²) < 4.78 is 6.00. The zero-order valence-corrected chi connectivity index (χ0v) is 13.9. The van der Waals surface area contributed by atoms with Crippen LogP contribution in [-0.4, -0.2) is 23.2 Å². The van der Waals surface area contributed by atoms with Gasteiger partial charge in [0.1, 0.15) is 11.4 Å². The second-order valence-corrected chi connectivity index (χ2v) is 5.39.